The van der Waals surface area contributed by atoms with E-state index in [9.17, 15) is 0 Å². The summed E-state index contributed by atoms with van der Waals surface area (Å²) in [5, 5.41) is 6.52. The van der Waals surface area contributed by atoms with E-state index >= 15 is 0 Å². The van der Waals surface area contributed by atoms with Gasteiger partial charge in [0.2, 0.25) is 5.88 Å². The lowest BCUT2D eigenvalue weighted by Crippen LogP contribution is -2.30. The van der Waals surface area contributed by atoms with Crippen molar-refractivity contribution in [2.24, 2.45) is 4.99 Å². The van der Waals surface area contributed by atoms with E-state index in [1.165, 1.54) is 0 Å². The number of fused-ring (bicyclic) bond motifs is 1. The van der Waals surface area contributed by atoms with Gasteiger partial charge in [-0.2, -0.15) is 0 Å². The van der Waals surface area contributed by atoms with Gasteiger partial charge >= 0.3 is 0 Å². The molecule has 0 radical (unpaired) electrons. The molecule has 2 heterocycles. The summed E-state index contributed by atoms with van der Waals surface area (Å²) in [5.74, 6) is 2.78. The summed E-state index contributed by atoms with van der Waals surface area (Å²) in [6.45, 7) is 4.55. The topological polar surface area (TPSA) is 77.0 Å². The van der Waals surface area contributed by atoms with Crippen LogP contribution >= 0.6 is 24.0 Å². The number of benzene rings is 1. The number of rotatable bonds is 5. The predicted octanol–water partition coefficient (Wildman–Crippen LogP) is 3.45. The average molecular weight is 484 g/mol. The second-order valence-electron chi connectivity index (χ2n) is 5.70. The molecule has 1 aromatic carbocycles. The molecule has 0 spiro atoms. The molecule has 0 amide bonds. The van der Waals surface area contributed by atoms with E-state index in [4.69, 9.17) is 14.2 Å². The molecule has 1 aliphatic heterocycles. The maximum atomic E-state index is 5.74. The number of hydrogen-bond donors (Lipinski definition) is 2. The predicted molar refractivity (Wildman–Crippen MR) is 117 cm³/mol. The van der Waals surface area contributed by atoms with Crippen molar-refractivity contribution in [1.29, 1.82) is 0 Å². The number of anilines is 1. The molecule has 0 saturated carbocycles. The van der Waals surface area contributed by atoms with Crippen LogP contribution in [0.15, 0.2) is 41.4 Å². The van der Waals surface area contributed by atoms with E-state index in [-0.39, 0.29) is 24.0 Å². The normalized spacial score (nSPS) is 13.2. The largest absolute Gasteiger partial charge is 0.490 e. The molecular weight excluding hydrogens is 459 g/mol. The van der Waals surface area contributed by atoms with Crippen molar-refractivity contribution in [1.82, 2.24) is 10.3 Å². The summed E-state index contributed by atoms with van der Waals surface area (Å²) in [5.41, 5.74) is 1.72. The Morgan fingerprint density at radius 3 is 2.78 bits per heavy atom. The Balaban J connectivity index is 0.00000261. The van der Waals surface area contributed by atoms with Crippen molar-refractivity contribution in [3.63, 3.8) is 0 Å². The number of methoxy groups -OCH3 is 1. The summed E-state index contributed by atoms with van der Waals surface area (Å²) in [4.78, 5) is 8.97. The van der Waals surface area contributed by atoms with Gasteiger partial charge in [0.05, 0.1) is 32.6 Å². The van der Waals surface area contributed by atoms with Crippen LogP contribution < -0.4 is 24.8 Å². The van der Waals surface area contributed by atoms with Gasteiger partial charge in [-0.3, -0.25) is 0 Å². The molecule has 0 aliphatic carbocycles. The van der Waals surface area contributed by atoms with Gasteiger partial charge in [-0.25, -0.2) is 9.98 Å². The van der Waals surface area contributed by atoms with Crippen molar-refractivity contribution >= 4 is 35.6 Å². The third kappa shape index (κ3) is 6.16. The molecule has 2 aromatic rings. The van der Waals surface area contributed by atoms with Crippen LogP contribution in [-0.4, -0.2) is 37.8 Å². The first-order valence-electron chi connectivity index (χ1n) is 8.73. The summed E-state index contributed by atoms with van der Waals surface area (Å²) in [7, 11) is 1.60. The first-order chi connectivity index (χ1) is 12.8. The third-order valence-corrected chi connectivity index (χ3v) is 3.74. The minimum Gasteiger partial charge on any atom is -0.490 e. The van der Waals surface area contributed by atoms with Crippen LogP contribution in [0.5, 0.6) is 17.4 Å². The highest BCUT2D eigenvalue weighted by molar-refractivity contribution is 14.0. The Hall–Kier alpha value is -2.23. The minimum atomic E-state index is 0. The molecule has 1 aromatic heterocycles. The molecule has 0 unspecified atom stereocenters. The van der Waals surface area contributed by atoms with Gasteiger partial charge < -0.3 is 24.8 Å². The van der Waals surface area contributed by atoms with E-state index in [2.05, 4.69) is 20.6 Å². The Labute approximate surface area is 176 Å². The van der Waals surface area contributed by atoms with Crippen molar-refractivity contribution in [2.75, 3.05) is 32.2 Å². The molecule has 7 nitrogen and oxygen atoms in total. The number of hydrogen-bond acceptors (Lipinski definition) is 5. The van der Waals surface area contributed by atoms with Crippen molar-refractivity contribution in [2.45, 2.75) is 19.9 Å². The smallest absolute Gasteiger partial charge is 0.213 e. The molecule has 0 saturated heterocycles. The summed E-state index contributed by atoms with van der Waals surface area (Å²) in [6.07, 6.45) is 0.884. The van der Waals surface area contributed by atoms with E-state index in [1.807, 2.05) is 43.3 Å². The Bertz CT molecular complexity index is 770. The zero-order valence-electron chi connectivity index (χ0n) is 15.5. The first kappa shape index (κ1) is 21.1. The lowest BCUT2D eigenvalue weighted by atomic mass is 10.2. The zero-order chi connectivity index (χ0) is 18.2. The summed E-state index contributed by atoms with van der Waals surface area (Å²) in [6, 6.07) is 11.4. The lowest BCUT2D eigenvalue weighted by molar-refractivity contribution is 0.297. The molecule has 0 atom stereocenters. The summed E-state index contributed by atoms with van der Waals surface area (Å²) < 4.78 is 16.6. The second-order valence-corrected chi connectivity index (χ2v) is 5.70. The fourth-order valence-corrected chi connectivity index (χ4v) is 2.50. The highest BCUT2D eigenvalue weighted by Gasteiger charge is 2.11. The average Bonchev–Trinajstić information content (AvgIpc) is 2.91. The van der Waals surface area contributed by atoms with Gasteiger partial charge in [-0.05, 0) is 25.1 Å². The number of nitrogens with one attached hydrogen (secondary N) is 2. The Morgan fingerprint density at radius 2 is 2.00 bits per heavy atom. The molecule has 2 N–H and O–H groups in total. The number of nitrogens with zero attached hydrogens (tertiary/aromatic N) is 2. The van der Waals surface area contributed by atoms with Crippen molar-refractivity contribution < 1.29 is 14.2 Å². The highest BCUT2D eigenvalue weighted by Crippen LogP contribution is 2.32. The number of halogens is 1. The monoisotopic (exact) mass is 484 g/mol. The van der Waals surface area contributed by atoms with Gasteiger partial charge in [0.15, 0.2) is 17.5 Å². The van der Waals surface area contributed by atoms with Crippen molar-refractivity contribution in [3.05, 3.63) is 42.1 Å². The molecule has 1 aliphatic rings. The Morgan fingerprint density at radius 1 is 1.19 bits per heavy atom. The van der Waals surface area contributed by atoms with Crippen LogP contribution in [-0.2, 0) is 6.54 Å². The van der Waals surface area contributed by atoms with Gasteiger partial charge in [-0.1, -0.05) is 6.07 Å². The van der Waals surface area contributed by atoms with Crippen LogP contribution in [0.3, 0.4) is 0 Å². The molecule has 0 bridgehead atoms. The highest BCUT2D eigenvalue weighted by atomic mass is 127. The van der Waals surface area contributed by atoms with Crippen molar-refractivity contribution in [3.8, 4) is 17.4 Å². The van der Waals surface area contributed by atoms with E-state index in [1.54, 1.807) is 7.11 Å². The second kappa shape index (κ2) is 10.8. The van der Waals surface area contributed by atoms with Crippen LogP contribution in [0.25, 0.3) is 0 Å². The van der Waals surface area contributed by atoms with Gasteiger partial charge in [-0.15, -0.1) is 24.0 Å². The fraction of sp³-hybridized carbons (Fsp3) is 0.368. The first-order valence-corrected chi connectivity index (χ1v) is 8.73. The molecular formula is C19H25IN4O3. The van der Waals surface area contributed by atoms with Crippen LogP contribution in [0.2, 0.25) is 0 Å². The van der Waals surface area contributed by atoms with E-state index in [0.29, 0.717) is 31.6 Å². The maximum absolute atomic E-state index is 5.74. The van der Waals surface area contributed by atoms with E-state index < -0.39 is 0 Å². The number of aromatic nitrogens is 1. The standard InChI is InChI=1S/C19H24N4O3.HI/c1-3-20-19(21-13-15-6-4-7-18(22-15)24-2)23-14-8-9-16-17(12-14)26-11-5-10-25-16;/h4,6-9,12H,3,5,10-11,13H2,1-2H3,(H2,20,21,23);1H. The molecule has 146 valence electrons. The third-order valence-electron chi connectivity index (χ3n) is 3.74. The number of ether oxygens (including phenoxy) is 3. The minimum absolute atomic E-state index is 0. The van der Waals surface area contributed by atoms with Crippen LogP contribution in [0, 0.1) is 0 Å². The maximum Gasteiger partial charge on any atom is 0.213 e. The Kier molecular flexibility index (Phi) is 8.43. The molecule has 0 fully saturated rings. The van der Waals surface area contributed by atoms with Gasteiger partial charge in [0, 0.05) is 30.8 Å². The SMILES string of the molecule is CCNC(=NCc1cccc(OC)n1)Nc1ccc2c(c1)OCCCO2.I. The summed E-state index contributed by atoms with van der Waals surface area (Å²) >= 11 is 0. The van der Waals surface area contributed by atoms with E-state index in [0.717, 1.165) is 35.8 Å². The van der Waals surface area contributed by atoms with Gasteiger partial charge in [0.1, 0.15) is 0 Å². The molecule has 3 rings (SSSR count). The van der Waals surface area contributed by atoms with Gasteiger partial charge in [0.25, 0.3) is 0 Å². The number of pyridine rings is 1. The number of guanidine groups is 1. The fourth-order valence-electron chi connectivity index (χ4n) is 2.50. The molecule has 27 heavy (non-hydrogen) atoms. The van der Waals surface area contributed by atoms with Crippen LogP contribution in [0.1, 0.15) is 19.0 Å². The number of aliphatic imine (C=N–C) groups is 1. The lowest BCUT2D eigenvalue weighted by Gasteiger charge is -2.13. The quantitative estimate of drug-likeness (QED) is 0.385. The van der Waals surface area contributed by atoms with Crippen LogP contribution in [0.4, 0.5) is 5.69 Å². The zero-order valence-corrected chi connectivity index (χ0v) is 17.9. The molecule has 8 heteroatoms.